The first-order valence-corrected chi connectivity index (χ1v) is 10.2. The number of nitriles is 1. The predicted molar refractivity (Wildman–Crippen MR) is 119 cm³/mol. The van der Waals surface area contributed by atoms with Gasteiger partial charge in [-0.05, 0) is 62.2 Å². The summed E-state index contributed by atoms with van der Waals surface area (Å²) in [4.78, 5) is 33.2. The molecular formula is C22H21N5O3S. The van der Waals surface area contributed by atoms with Crippen LogP contribution in [0, 0.1) is 18.3 Å². The summed E-state index contributed by atoms with van der Waals surface area (Å²) >= 11 is 5.76. The number of aryl methyl sites for hydroxylation is 1. The van der Waals surface area contributed by atoms with E-state index in [-0.39, 0.29) is 11.8 Å². The number of nitrogens with one attached hydrogen (secondary N) is 1. The zero-order valence-electron chi connectivity index (χ0n) is 17.4. The molecule has 1 aliphatic carbocycles. The lowest BCUT2D eigenvalue weighted by Gasteiger charge is -2.43. The number of thiocarbonyl (C=S) groups is 1. The van der Waals surface area contributed by atoms with Crippen LogP contribution in [-0.2, 0) is 4.79 Å². The van der Waals surface area contributed by atoms with Gasteiger partial charge in [-0.3, -0.25) is 14.5 Å². The molecule has 2 amide bonds. The smallest absolute Gasteiger partial charge is 0.259 e. The van der Waals surface area contributed by atoms with E-state index in [1.165, 1.54) is 18.2 Å². The van der Waals surface area contributed by atoms with E-state index in [0.29, 0.717) is 51.9 Å². The SMILES string of the molecule is CNC(=O)c1ccc(N2C(=S)N(c3cnc(C#N)c(C)c3)C(=O)C23CCC3)cc1OC. The number of methoxy groups -OCH3 is 1. The highest BCUT2D eigenvalue weighted by molar-refractivity contribution is 7.81. The summed E-state index contributed by atoms with van der Waals surface area (Å²) in [5.74, 6) is 0.0301. The Bertz CT molecular complexity index is 1150. The topological polar surface area (TPSA) is 98.6 Å². The highest BCUT2D eigenvalue weighted by Gasteiger charge is 2.59. The number of amides is 2. The molecule has 2 fully saturated rings. The average molecular weight is 436 g/mol. The van der Waals surface area contributed by atoms with E-state index in [1.807, 2.05) is 11.0 Å². The Balaban J connectivity index is 1.79. The van der Waals surface area contributed by atoms with E-state index in [9.17, 15) is 9.59 Å². The molecule has 1 N–H and O–H groups in total. The van der Waals surface area contributed by atoms with Crippen LogP contribution < -0.4 is 19.9 Å². The second-order valence-electron chi connectivity index (χ2n) is 7.58. The Hall–Kier alpha value is -3.51. The molecule has 31 heavy (non-hydrogen) atoms. The summed E-state index contributed by atoms with van der Waals surface area (Å²) in [6.45, 7) is 1.78. The maximum absolute atomic E-state index is 13.6. The molecule has 0 bridgehead atoms. The Morgan fingerprint density at radius 1 is 1.32 bits per heavy atom. The van der Waals surface area contributed by atoms with Crippen LogP contribution in [0.25, 0.3) is 0 Å². The fourth-order valence-corrected chi connectivity index (χ4v) is 4.62. The fraction of sp³-hybridized carbons (Fsp3) is 0.318. The third-order valence-corrected chi connectivity index (χ3v) is 6.30. The van der Waals surface area contributed by atoms with E-state index in [2.05, 4.69) is 10.3 Å². The normalized spacial score (nSPS) is 16.8. The molecule has 2 aromatic rings. The molecule has 158 valence electrons. The molecule has 0 unspecified atom stereocenters. The van der Waals surface area contributed by atoms with Crippen LogP contribution in [0.15, 0.2) is 30.5 Å². The largest absolute Gasteiger partial charge is 0.496 e. The van der Waals surface area contributed by atoms with Gasteiger partial charge < -0.3 is 15.0 Å². The van der Waals surface area contributed by atoms with Crippen LogP contribution >= 0.6 is 12.2 Å². The van der Waals surface area contributed by atoms with Gasteiger partial charge in [0.1, 0.15) is 23.1 Å². The Morgan fingerprint density at radius 3 is 2.61 bits per heavy atom. The second-order valence-corrected chi connectivity index (χ2v) is 7.94. The number of hydrogen-bond donors (Lipinski definition) is 1. The molecule has 1 spiro atoms. The number of anilines is 2. The fourth-order valence-electron chi connectivity index (χ4n) is 4.15. The van der Waals surface area contributed by atoms with Gasteiger partial charge in [-0.25, -0.2) is 4.98 Å². The van der Waals surface area contributed by atoms with Crippen LogP contribution in [0.5, 0.6) is 5.75 Å². The third-order valence-electron chi connectivity index (χ3n) is 5.94. The van der Waals surface area contributed by atoms with Gasteiger partial charge >= 0.3 is 0 Å². The Morgan fingerprint density at radius 2 is 2.06 bits per heavy atom. The van der Waals surface area contributed by atoms with Crippen LogP contribution in [-0.4, -0.2) is 41.6 Å². The number of ether oxygens (including phenoxy) is 1. The van der Waals surface area contributed by atoms with Crippen LogP contribution in [0.2, 0.25) is 0 Å². The van der Waals surface area contributed by atoms with Crippen LogP contribution in [0.4, 0.5) is 11.4 Å². The minimum absolute atomic E-state index is 0.107. The third kappa shape index (κ3) is 3.02. The first-order valence-electron chi connectivity index (χ1n) is 9.83. The number of pyridine rings is 1. The van der Waals surface area contributed by atoms with Crippen molar-refractivity contribution < 1.29 is 14.3 Å². The lowest BCUT2D eigenvalue weighted by Crippen LogP contribution is -2.55. The number of benzene rings is 1. The van der Waals surface area contributed by atoms with Crippen molar-refractivity contribution in [2.24, 2.45) is 0 Å². The summed E-state index contributed by atoms with van der Waals surface area (Å²) in [7, 11) is 3.05. The molecule has 4 rings (SSSR count). The van der Waals surface area contributed by atoms with Crippen molar-refractivity contribution >= 4 is 40.5 Å². The molecule has 1 aliphatic heterocycles. The molecule has 2 heterocycles. The standard InChI is InChI=1S/C22H21N5O3S/c1-13-9-15(12-25-17(13)11-23)26-20(29)22(7-4-8-22)27(21(26)31)14-5-6-16(19(28)24-2)18(10-14)30-3/h5-6,9-10,12H,4,7-8H2,1-3H3,(H,24,28). The maximum Gasteiger partial charge on any atom is 0.259 e. The number of nitrogens with zero attached hydrogens (tertiary/aromatic N) is 4. The van der Waals surface area contributed by atoms with Crippen molar-refractivity contribution in [3.8, 4) is 11.8 Å². The van der Waals surface area contributed by atoms with Crippen LogP contribution in [0.3, 0.4) is 0 Å². The summed E-state index contributed by atoms with van der Waals surface area (Å²) < 4.78 is 5.43. The van der Waals surface area contributed by atoms with Gasteiger partial charge in [0.15, 0.2) is 5.11 Å². The summed E-state index contributed by atoms with van der Waals surface area (Å²) in [5, 5.41) is 12.1. The first-order chi connectivity index (χ1) is 14.9. The van der Waals surface area contributed by atoms with Crippen molar-refractivity contribution in [3.63, 3.8) is 0 Å². The first kappa shape index (κ1) is 20.8. The van der Waals surface area contributed by atoms with E-state index < -0.39 is 5.54 Å². The molecule has 0 atom stereocenters. The molecule has 1 saturated heterocycles. The van der Waals surface area contributed by atoms with E-state index in [4.69, 9.17) is 22.2 Å². The van der Waals surface area contributed by atoms with Crippen molar-refractivity contribution in [1.29, 1.82) is 5.26 Å². The molecule has 9 heteroatoms. The zero-order valence-corrected chi connectivity index (χ0v) is 18.2. The minimum Gasteiger partial charge on any atom is -0.496 e. The Kier molecular flexibility index (Phi) is 5.11. The van der Waals surface area contributed by atoms with Gasteiger partial charge in [-0.1, -0.05) is 0 Å². The van der Waals surface area contributed by atoms with E-state index in [0.717, 1.165) is 6.42 Å². The van der Waals surface area contributed by atoms with Crippen molar-refractivity contribution in [2.75, 3.05) is 24.0 Å². The summed E-state index contributed by atoms with van der Waals surface area (Å²) in [6, 6.07) is 8.96. The average Bonchev–Trinajstić information content (AvgIpc) is 2.99. The van der Waals surface area contributed by atoms with Gasteiger partial charge in [-0.2, -0.15) is 5.26 Å². The zero-order chi connectivity index (χ0) is 22.3. The number of aromatic nitrogens is 1. The second kappa shape index (κ2) is 7.63. The molecule has 1 aromatic heterocycles. The Labute approximate surface area is 185 Å². The molecule has 1 aromatic carbocycles. The number of carbonyl (C=O) groups is 2. The lowest BCUT2D eigenvalue weighted by molar-refractivity contribution is -0.123. The van der Waals surface area contributed by atoms with E-state index in [1.54, 1.807) is 38.2 Å². The van der Waals surface area contributed by atoms with Gasteiger partial charge in [0.05, 0.1) is 24.6 Å². The number of carbonyl (C=O) groups excluding carboxylic acids is 2. The number of hydrogen-bond acceptors (Lipinski definition) is 6. The van der Waals surface area contributed by atoms with Crippen molar-refractivity contribution in [1.82, 2.24) is 10.3 Å². The lowest BCUT2D eigenvalue weighted by atomic mass is 9.75. The van der Waals surface area contributed by atoms with Crippen molar-refractivity contribution in [3.05, 3.63) is 47.3 Å². The van der Waals surface area contributed by atoms with Crippen LogP contribution in [0.1, 0.15) is 40.9 Å². The minimum atomic E-state index is -0.765. The van der Waals surface area contributed by atoms with Crippen molar-refractivity contribution in [2.45, 2.75) is 31.7 Å². The quantitative estimate of drug-likeness (QED) is 0.737. The molecule has 0 radical (unpaired) electrons. The molecule has 2 aliphatic rings. The summed E-state index contributed by atoms with van der Waals surface area (Å²) in [5.41, 5.74) is 1.84. The number of rotatable bonds is 4. The summed E-state index contributed by atoms with van der Waals surface area (Å²) in [6.07, 6.45) is 3.76. The molecule has 8 nitrogen and oxygen atoms in total. The highest BCUT2D eigenvalue weighted by atomic mass is 32.1. The molecular weight excluding hydrogens is 414 g/mol. The highest BCUT2D eigenvalue weighted by Crippen LogP contribution is 2.48. The van der Waals surface area contributed by atoms with Gasteiger partial charge in [0, 0.05) is 18.8 Å². The van der Waals surface area contributed by atoms with E-state index >= 15 is 0 Å². The monoisotopic (exact) mass is 435 g/mol. The predicted octanol–water partition coefficient (Wildman–Crippen LogP) is 2.69. The molecule has 1 saturated carbocycles. The maximum atomic E-state index is 13.6. The van der Waals surface area contributed by atoms with Gasteiger partial charge in [0.25, 0.3) is 11.8 Å². The van der Waals surface area contributed by atoms with Gasteiger partial charge in [-0.15, -0.1) is 0 Å². The van der Waals surface area contributed by atoms with Gasteiger partial charge in [0.2, 0.25) is 0 Å².